The molecule has 6 nitrogen and oxygen atoms in total. The average molecular weight is 339 g/mol. The van der Waals surface area contributed by atoms with Gasteiger partial charge in [0.25, 0.3) is 5.91 Å². The number of carbonyl (C=O) groups excluding carboxylic acids is 1. The highest BCUT2D eigenvalue weighted by molar-refractivity contribution is 7.21. The molecule has 0 unspecified atom stereocenters. The first-order valence-electron chi connectivity index (χ1n) is 7.49. The zero-order valence-electron chi connectivity index (χ0n) is 13.4. The minimum atomic E-state index is -0.267. The maximum absolute atomic E-state index is 12.7. The van der Waals surface area contributed by atoms with Gasteiger partial charge in [-0.25, -0.2) is 4.98 Å². The third-order valence-electron chi connectivity index (χ3n) is 4.11. The van der Waals surface area contributed by atoms with Crippen LogP contribution in [0.25, 0.3) is 10.2 Å². The van der Waals surface area contributed by atoms with Crippen molar-refractivity contribution in [2.24, 2.45) is 0 Å². The number of nitrogens with one attached hydrogen (secondary N) is 1. The largest absolute Gasteiger partial charge is 0.397 e. The van der Waals surface area contributed by atoms with E-state index < -0.39 is 0 Å². The van der Waals surface area contributed by atoms with E-state index in [0.29, 0.717) is 20.8 Å². The molecular formula is C17H17N5OS. The molecule has 0 saturated carbocycles. The highest BCUT2D eigenvalue weighted by Gasteiger charge is 2.21. The first-order chi connectivity index (χ1) is 11.4. The molecule has 0 radical (unpaired) electrons. The first-order valence-corrected chi connectivity index (χ1v) is 8.30. The fraction of sp³-hybridized carbons (Fsp3) is 0.235. The molecule has 1 amide bonds. The monoisotopic (exact) mass is 339 g/mol. The van der Waals surface area contributed by atoms with Gasteiger partial charge in [-0.2, -0.15) is 5.26 Å². The molecule has 3 rings (SSSR count). The molecule has 7 heteroatoms. The molecule has 2 aromatic rings. The van der Waals surface area contributed by atoms with E-state index in [9.17, 15) is 4.79 Å². The van der Waals surface area contributed by atoms with Gasteiger partial charge in [0, 0.05) is 11.1 Å². The Morgan fingerprint density at radius 1 is 1.42 bits per heavy atom. The molecule has 5 N–H and O–H groups in total. The second kappa shape index (κ2) is 5.98. The summed E-state index contributed by atoms with van der Waals surface area (Å²) < 4.78 is 0. The summed E-state index contributed by atoms with van der Waals surface area (Å²) in [4.78, 5) is 17.8. The number of rotatable bonds is 2. The van der Waals surface area contributed by atoms with Crippen molar-refractivity contribution >= 4 is 39.0 Å². The second-order valence-corrected chi connectivity index (χ2v) is 6.76. The van der Waals surface area contributed by atoms with Crippen molar-refractivity contribution in [1.82, 2.24) is 10.3 Å². The van der Waals surface area contributed by atoms with E-state index in [1.54, 1.807) is 6.07 Å². The lowest BCUT2D eigenvalue weighted by atomic mass is 9.98. The summed E-state index contributed by atoms with van der Waals surface area (Å²) in [5, 5.41) is 12.6. The van der Waals surface area contributed by atoms with E-state index in [2.05, 4.69) is 16.4 Å². The number of carbonyl (C=O) groups is 1. The summed E-state index contributed by atoms with van der Waals surface area (Å²) in [6.07, 6.45) is 4.03. The van der Waals surface area contributed by atoms with Crippen LogP contribution in [0.4, 0.5) is 11.5 Å². The SMILES string of the molecule is CC1=CCCC(C)=C1NC(=O)c1sc2nc(N)c(C#N)cc2c1N. The quantitative estimate of drug-likeness (QED) is 0.777. The number of pyridine rings is 1. The minimum absolute atomic E-state index is 0.141. The average Bonchev–Trinajstić information content (AvgIpc) is 2.86. The van der Waals surface area contributed by atoms with E-state index in [1.807, 2.05) is 19.9 Å². The predicted molar refractivity (Wildman–Crippen MR) is 96.3 cm³/mol. The van der Waals surface area contributed by atoms with Crippen LogP contribution in [0.3, 0.4) is 0 Å². The van der Waals surface area contributed by atoms with Gasteiger partial charge in [-0.3, -0.25) is 4.79 Å². The zero-order chi connectivity index (χ0) is 17.4. The van der Waals surface area contributed by atoms with Crippen LogP contribution in [-0.2, 0) is 0 Å². The van der Waals surface area contributed by atoms with Crippen molar-refractivity contribution in [3.63, 3.8) is 0 Å². The lowest BCUT2D eigenvalue weighted by molar-refractivity contribution is 0.0970. The van der Waals surface area contributed by atoms with Gasteiger partial charge in [0.2, 0.25) is 0 Å². The highest BCUT2D eigenvalue weighted by Crippen LogP contribution is 2.34. The number of amides is 1. The molecule has 0 aromatic carbocycles. The number of nitrogens with two attached hydrogens (primary N) is 2. The third kappa shape index (κ3) is 2.61. The van der Waals surface area contributed by atoms with E-state index in [1.165, 1.54) is 11.3 Å². The van der Waals surface area contributed by atoms with E-state index in [0.717, 1.165) is 29.7 Å². The Balaban J connectivity index is 2.01. The van der Waals surface area contributed by atoms with Crippen molar-refractivity contribution < 1.29 is 4.79 Å². The zero-order valence-corrected chi connectivity index (χ0v) is 14.3. The summed E-state index contributed by atoms with van der Waals surface area (Å²) in [6.45, 7) is 4.00. The molecule has 2 aromatic heterocycles. The number of aromatic nitrogens is 1. The Hall–Kier alpha value is -2.85. The van der Waals surface area contributed by atoms with Crippen LogP contribution in [0, 0.1) is 11.3 Å². The van der Waals surface area contributed by atoms with Gasteiger partial charge in [-0.1, -0.05) is 6.08 Å². The number of fused-ring (bicyclic) bond motifs is 1. The van der Waals surface area contributed by atoms with Crippen molar-refractivity contribution in [2.45, 2.75) is 26.7 Å². The molecule has 0 atom stereocenters. The molecule has 2 heterocycles. The molecular weight excluding hydrogens is 322 g/mol. The van der Waals surface area contributed by atoms with Crippen LogP contribution in [0.1, 0.15) is 41.9 Å². The molecule has 0 saturated heterocycles. The maximum Gasteiger partial charge on any atom is 0.267 e. The standard InChI is InChI=1S/C17H17N5OS/c1-8-4-3-5-9(2)13(8)21-16(23)14-12(19)11-6-10(7-18)15(20)22-17(11)24-14/h4,6H,3,5,19H2,1-2H3,(H2,20,22)(H,21,23). The maximum atomic E-state index is 12.7. The number of thiophene rings is 1. The van der Waals surface area contributed by atoms with Crippen LogP contribution in [0.2, 0.25) is 0 Å². The van der Waals surface area contributed by atoms with Crippen molar-refractivity contribution in [2.75, 3.05) is 11.5 Å². The molecule has 0 spiro atoms. The number of hydrogen-bond donors (Lipinski definition) is 3. The highest BCUT2D eigenvalue weighted by atomic mass is 32.1. The predicted octanol–water partition coefficient (Wildman–Crippen LogP) is 3.08. The number of anilines is 2. The summed E-state index contributed by atoms with van der Waals surface area (Å²) in [5.41, 5.74) is 15.5. The smallest absolute Gasteiger partial charge is 0.267 e. The van der Waals surface area contributed by atoms with Gasteiger partial charge in [0.15, 0.2) is 0 Å². The molecule has 24 heavy (non-hydrogen) atoms. The minimum Gasteiger partial charge on any atom is -0.397 e. The topological polar surface area (TPSA) is 118 Å². The fourth-order valence-electron chi connectivity index (χ4n) is 2.76. The van der Waals surface area contributed by atoms with E-state index in [4.69, 9.17) is 16.7 Å². The molecule has 1 aliphatic rings. The van der Waals surface area contributed by atoms with E-state index in [-0.39, 0.29) is 17.3 Å². The lowest BCUT2D eigenvalue weighted by Gasteiger charge is -2.18. The number of hydrogen-bond acceptors (Lipinski definition) is 6. The van der Waals surface area contributed by atoms with Crippen LogP contribution in [0.15, 0.2) is 29.0 Å². The summed E-state index contributed by atoms with van der Waals surface area (Å²) in [5.74, 6) is -0.126. The van der Waals surface area contributed by atoms with Gasteiger partial charge < -0.3 is 16.8 Å². The summed E-state index contributed by atoms with van der Waals surface area (Å²) in [6, 6.07) is 3.56. The Morgan fingerprint density at radius 3 is 2.83 bits per heavy atom. The molecule has 0 aliphatic heterocycles. The van der Waals surface area contributed by atoms with Crippen LogP contribution < -0.4 is 16.8 Å². The van der Waals surface area contributed by atoms with Gasteiger partial charge in [0.1, 0.15) is 21.6 Å². The first kappa shape index (κ1) is 16.0. The number of nitriles is 1. The number of allylic oxidation sites excluding steroid dienone is 3. The Bertz CT molecular complexity index is 961. The number of nitrogen functional groups attached to an aromatic ring is 2. The Morgan fingerprint density at radius 2 is 2.17 bits per heavy atom. The van der Waals surface area contributed by atoms with Crippen molar-refractivity contribution in [3.8, 4) is 6.07 Å². The normalized spacial score (nSPS) is 14.5. The van der Waals surface area contributed by atoms with E-state index >= 15 is 0 Å². The third-order valence-corrected chi connectivity index (χ3v) is 5.22. The van der Waals surface area contributed by atoms with Crippen LogP contribution in [0.5, 0.6) is 0 Å². The van der Waals surface area contributed by atoms with Gasteiger partial charge in [0.05, 0.1) is 11.3 Å². The van der Waals surface area contributed by atoms with Gasteiger partial charge in [-0.05, 0) is 43.9 Å². The second-order valence-electron chi connectivity index (χ2n) is 5.77. The van der Waals surface area contributed by atoms with Gasteiger partial charge >= 0.3 is 0 Å². The summed E-state index contributed by atoms with van der Waals surface area (Å²) in [7, 11) is 0. The molecule has 122 valence electrons. The lowest BCUT2D eigenvalue weighted by Crippen LogP contribution is -2.25. The van der Waals surface area contributed by atoms with Crippen molar-refractivity contribution in [1.29, 1.82) is 5.26 Å². The van der Waals surface area contributed by atoms with Crippen molar-refractivity contribution in [3.05, 3.63) is 39.4 Å². The molecule has 0 fully saturated rings. The number of nitrogens with zero attached hydrogens (tertiary/aromatic N) is 2. The van der Waals surface area contributed by atoms with Crippen LogP contribution in [-0.4, -0.2) is 10.9 Å². The Kier molecular flexibility index (Phi) is 3.99. The molecule has 1 aliphatic carbocycles. The summed E-state index contributed by atoms with van der Waals surface area (Å²) >= 11 is 1.18. The van der Waals surface area contributed by atoms with Crippen LogP contribution >= 0.6 is 11.3 Å². The fourth-order valence-corrected chi connectivity index (χ4v) is 3.74. The molecule has 0 bridgehead atoms. The van der Waals surface area contributed by atoms with Gasteiger partial charge in [-0.15, -0.1) is 11.3 Å². The Labute approximate surface area is 143 Å².